The van der Waals surface area contributed by atoms with Gasteiger partial charge < -0.3 is 5.32 Å². The number of nitrogens with zero attached hydrogens (tertiary/aromatic N) is 2. The Balaban J connectivity index is 1.98. The van der Waals surface area contributed by atoms with E-state index in [0.717, 1.165) is 40.5 Å². The summed E-state index contributed by atoms with van der Waals surface area (Å²) in [5.41, 5.74) is 1.71. The zero-order chi connectivity index (χ0) is 14.5. The van der Waals surface area contributed by atoms with Crippen molar-refractivity contribution in [2.24, 2.45) is 0 Å². The van der Waals surface area contributed by atoms with E-state index in [4.69, 9.17) is 0 Å². The molecule has 0 bridgehead atoms. The summed E-state index contributed by atoms with van der Waals surface area (Å²) in [4.78, 5) is 0. The van der Waals surface area contributed by atoms with E-state index in [-0.39, 0.29) is 5.82 Å². The maximum atomic E-state index is 13.4. The van der Waals surface area contributed by atoms with Crippen LogP contribution in [0.5, 0.6) is 0 Å². The molecule has 2 aromatic rings. The summed E-state index contributed by atoms with van der Waals surface area (Å²) in [5.74, 6) is -0.224. The van der Waals surface area contributed by atoms with Crippen LogP contribution < -0.4 is 5.32 Å². The van der Waals surface area contributed by atoms with Crippen LogP contribution in [0.4, 0.5) is 4.39 Å². The molecule has 5 heteroatoms. The molecule has 3 nitrogen and oxygen atoms in total. The molecule has 2 rings (SSSR count). The van der Waals surface area contributed by atoms with Crippen molar-refractivity contribution >= 4 is 11.3 Å². The number of aromatic nitrogens is 2. The van der Waals surface area contributed by atoms with Crippen LogP contribution in [-0.4, -0.2) is 22.8 Å². The highest BCUT2D eigenvalue weighted by atomic mass is 32.1. The fraction of sp³-hybridized carbons (Fsp3) is 0.467. The van der Waals surface area contributed by atoms with Gasteiger partial charge in [0, 0.05) is 18.0 Å². The minimum atomic E-state index is -0.224. The number of rotatable bonds is 6. The molecular formula is C15H20FN3S. The Morgan fingerprint density at radius 3 is 2.75 bits per heavy atom. The summed E-state index contributed by atoms with van der Waals surface area (Å²) >= 11 is 1.55. The first-order valence-corrected chi connectivity index (χ1v) is 7.69. The van der Waals surface area contributed by atoms with Crippen LogP contribution in [0.3, 0.4) is 0 Å². The Morgan fingerprint density at radius 1 is 1.25 bits per heavy atom. The van der Waals surface area contributed by atoms with Crippen LogP contribution in [0, 0.1) is 12.7 Å². The number of hydrogen-bond donors (Lipinski definition) is 1. The van der Waals surface area contributed by atoms with Gasteiger partial charge in [-0.1, -0.05) is 25.2 Å². The standard InChI is InChI=1S/C15H20FN3S/c1-10(2)17-6-4-5-14-18-19-15(20-14)12-7-11(3)8-13(16)9-12/h7-10,17H,4-6H2,1-3H3. The van der Waals surface area contributed by atoms with Crippen molar-refractivity contribution in [3.63, 3.8) is 0 Å². The fourth-order valence-electron chi connectivity index (χ4n) is 1.96. The number of halogens is 1. The maximum absolute atomic E-state index is 13.4. The highest BCUT2D eigenvalue weighted by molar-refractivity contribution is 7.14. The molecule has 0 aliphatic carbocycles. The largest absolute Gasteiger partial charge is 0.315 e. The minimum absolute atomic E-state index is 0.224. The van der Waals surface area contributed by atoms with E-state index in [9.17, 15) is 4.39 Å². The Kier molecular flexibility index (Phi) is 5.20. The molecule has 1 aromatic carbocycles. The number of nitrogens with one attached hydrogen (secondary N) is 1. The lowest BCUT2D eigenvalue weighted by molar-refractivity contribution is 0.569. The van der Waals surface area contributed by atoms with E-state index in [0.29, 0.717) is 6.04 Å². The topological polar surface area (TPSA) is 37.8 Å². The van der Waals surface area contributed by atoms with Gasteiger partial charge in [0.05, 0.1) is 0 Å². The number of benzene rings is 1. The molecule has 0 unspecified atom stereocenters. The zero-order valence-electron chi connectivity index (χ0n) is 12.1. The van der Waals surface area contributed by atoms with Gasteiger partial charge in [0.1, 0.15) is 15.8 Å². The van der Waals surface area contributed by atoms with Crippen LogP contribution >= 0.6 is 11.3 Å². The summed E-state index contributed by atoms with van der Waals surface area (Å²) in [6.45, 7) is 7.13. The summed E-state index contributed by atoms with van der Waals surface area (Å²) in [7, 11) is 0. The second-order valence-corrected chi connectivity index (χ2v) is 6.29. The van der Waals surface area contributed by atoms with Crippen molar-refractivity contribution < 1.29 is 4.39 Å². The van der Waals surface area contributed by atoms with Crippen LogP contribution in [0.25, 0.3) is 10.6 Å². The summed E-state index contributed by atoms with van der Waals surface area (Å²) in [6.07, 6.45) is 1.95. The maximum Gasteiger partial charge on any atom is 0.147 e. The van der Waals surface area contributed by atoms with E-state index >= 15 is 0 Å². The van der Waals surface area contributed by atoms with Gasteiger partial charge in [-0.15, -0.1) is 10.2 Å². The lowest BCUT2D eigenvalue weighted by Gasteiger charge is -2.05. The Hall–Kier alpha value is -1.33. The zero-order valence-corrected chi connectivity index (χ0v) is 12.9. The predicted octanol–water partition coefficient (Wildman–Crippen LogP) is 3.58. The highest BCUT2D eigenvalue weighted by Gasteiger charge is 2.08. The first kappa shape index (κ1) is 15.1. The van der Waals surface area contributed by atoms with Gasteiger partial charge in [-0.2, -0.15) is 0 Å². The normalized spacial score (nSPS) is 11.2. The molecule has 1 heterocycles. The van der Waals surface area contributed by atoms with Crippen molar-refractivity contribution in [1.82, 2.24) is 15.5 Å². The summed E-state index contributed by atoms with van der Waals surface area (Å²) in [6, 6.07) is 5.48. The highest BCUT2D eigenvalue weighted by Crippen LogP contribution is 2.25. The molecule has 1 aromatic heterocycles. The third-order valence-corrected chi connectivity index (χ3v) is 3.91. The van der Waals surface area contributed by atoms with Crippen molar-refractivity contribution in [3.05, 3.63) is 34.6 Å². The Bertz CT molecular complexity index is 546. The second kappa shape index (κ2) is 6.90. The Morgan fingerprint density at radius 2 is 2.05 bits per heavy atom. The Labute approximate surface area is 123 Å². The molecule has 1 N–H and O–H groups in total. The molecule has 0 aliphatic heterocycles. The van der Waals surface area contributed by atoms with Gasteiger partial charge in [-0.3, -0.25) is 0 Å². The van der Waals surface area contributed by atoms with Gasteiger partial charge >= 0.3 is 0 Å². The predicted molar refractivity (Wildman–Crippen MR) is 81.5 cm³/mol. The van der Waals surface area contributed by atoms with Gasteiger partial charge in [-0.05, 0) is 43.7 Å². The SMILES string of the molecule is Cc1cc(F)cc(-c2nnc(CCCNC(C)C)s2)c1. The van der Waals surface area contributed by atoms with Crippen LogP contribution in [0.2, 0.25) is 0 Å². The third-order valence-electron chi connectivity index (χ3n) is 2.88. The summed E-state index contributed by atoms with van der Waals surface area (Å²) in [5, 5.41) is 13.5. The lowest BCUT2D eigenvalue weighted by Crippen LogP contribution is -2.23. The average molecular weight is 293 g/mol. The minimum Gasteiger partial charge on any atom is -0.315 e. The molecule has 0 radical (unpaired) electrons. The van der Waals surface area contributed by atoms with Crippen LogP contribution in [0.1, 0.15) is 30.8 Å². The van der Waals surface area contributed by atoms with Gasteiger partial charge in [0.15, 0.2) is 0 Å². The van der Waals surface area contributed by atoms with Gasteiger partial charge in [0.2, 0.25) is 0 Å². The average Bonchev–Trinajstić information content (AvgIpc) is 2.82. The van der Waals surface area contributed by atoms with E-state index in [2.05, 4.69) is 29.4 Å². The monoisotopic (exact) mass is 293 g/mol. The first-order valence-electron chi connectivity index (χ1n) is 6.88. The smallest absolute Gasteiger partial charge is 0.147 e. The molecule has 0 aliphatic rings. The molecule has 108 valence electrons. The first-order chi connectivity index (χ1) is 9.54. The lowest BCUT2D eigenvalue weighted by atomic mass is 10.1. The van der Waals surface area contributed by atoms with Crippen molar-refractivity contribution in [2.75, 3.05) is 6.54 Å². The molecular weight excluding hydrogens is 273 g/mol. The second-order valence-electron chi connectivity index (χ2n) is 5.23. The van der Waals surface area contributed by atoms with E-state index in [1.807, 2.05) is 13.0 Å². The fourth-order valence-corrected chi connectivity index (χ4v) is 2.83. The van der Waals surface area contributed by atoms with Crippen molar-refractivity contribution in [3.8, 4) is 10.6 Å². The number of aryl methyl sites for hydroxylation is 2. The molecule has 0 atom stereocenters. The number of hydrogen-bond acceptors (Lipinski definition) is 4. The van der Waals surface area contributed by atoms with Crippen LogP contribution in [0.15, 0.2) is 18.2 Å². The van der Waals surface area contributed by atoms with Gasteiger partial charge in [-0.25, -0.2) is 4.39 Å². The van der Waals surface area contributed by atoms with Crippen LogP contribution in [-0.2, 0) is 6.42 Å². The molecule has 0 amide bonds. The third kappa shape index (κ3) is 4.35. The molecule has 0 spiro atoms. The molecule has 0 saturated carbocycles. The van der Waals surface area contributed by atoms with E-state index in [1.54, 1.807) is 11.3 Å². The quantitative estimate of drug-likeness (QED) is 0.827. The van der Waals surface area contributed by atoms with Crippen molar-refractivity contribution in [1.29, 1.82) is 0 Å². The van der Waals surface area contributed by atoms with E-state index in [1.165, 1.54) is 12.1 Å². The van der Waals surface area contributed by atoms with Crippen molar-refractivity contribution in [2.45, 2.75) is 39.7 Å². The van der Waals surface area contributed by atoms with E-state index < -0.39 is 0 Å². The summed E-state index contributed by atoms with van der Waals surface area (Å²) < 4.78 is 13.4. The molecule has 0 saturated heterocycles. The molecule has 20 heavy (non-hydrogen) atoms. The molecule has 0 fully saturated rings. The van der Waals surface area contributed by atoms with Gasteiger partial charge in [0.25, 0.3) is 0 Å².